The van der Waals surface area contributed by atoms with Crippen LogP contribution in [0, 0.1) is 0 Å². The quantitative estimate of drug-likeness (QED) is 0.390. The second-order valence-electron chi connectivity index (χ2n) is 8.85. The lowest BCUT2D eigenvalue weighted by Gasteiger charge is -2.19. The topological polar surface area (TPSA) is 149 Å². The molecule has 0 aliphatic carbocycles. The molecule has 174 valence electrons. The predicted molar refractivity (Wildman–Crippen MR) is 129 cm³/mol. The lowest BCUT2D eigenvalue weighted by molar-refractivity contribution is 0.0956. The van der Waals surface area contributed by atoms with Crippen molar-refractivity contribution < 1.29 is 13.2 Å². The molecule has 0 fully saturated rings. The first-order chi connectivity index (χ1) is 15.4. The number of hydrogen-bond donors (Lipinski definition) is 3. The number of amides is 1. The fraction of sp³-hybridized carbons (Fsp3) is 0.333. The number of nitrogens with one attached hydrogen (secondary N) is 2. The van der Waals surface area contributed by atoms with Crippen molar-refractivity contribution in [1.29, 1.82) is 0 Å². The summed E-state index contributed by atoms with van der Waals surface area (Å²) in [6, 6.07) is 5.01. The standard InChI is InChI=1S/C21H24ClN7O3S/c1-21(2,3)29-19-14(18(23)25-10-26-19)16(28-29)17-15(22)12-6-5-11(9-13(12)27-17)20(30)24-7-8-33(4,31)32/h5-6,9-10,27H,7-8H2,1-4H3,(H,24,30)(H2,23,25,26). The summed E-state index contributed by atoms with van der Waals surface area (Å²) < 4.78 is 24.3. The average molecular weight is 490 g/mol. The Labute approximate surface area is 195 Å². The molecule has 0 saturated heterocycles. The van der Waals surface area contributed by atoms with Crippen molar-refractivity contribution in [2.75, 3.05) is 24.3 Å². The fourth-order valence-corrected chi connectivity index (χ4v) is 4.31. The maximum absolute atomic E-state index is 12.5. The summed E-state index contributed by atoms with van der Waals surface area (Å²) in [4.78, 5) is 24.2. The van der Waals surface area contributed by atoms with E-state index < -0.39 is 9.84 Å². The molecule has 4 rings (SSSR count). The zero-order valence-corrected chi connectivity index (χ0v) is 20.2. The maximum Gasteiger partial charge on any atom is 0.251 e. The number of benzene rings is 1. The molecule has 12 heteroatoms. The van der Waals surface area contributed by atoms with Gasteiger partial charge in [-0.05, 0) is 32.9 Å². The van der Waals surface area contributed by atoms with Crippen LogP contribution in [0.25, 0.3) is 33.3 Å². The third kappa shape index (κ3) is 4.38. The molecule has 0 radical (unpaired) electrons. The van der Waals surface area contributed by atoms with Crippen LogP contribution in [0.2, 0.25) is 5.02 Å². The number of aromatic nitrogens is 5. The minimum Gasteiger partial charge on any atom is -0.383 e. The Bertz CT molecular complexity index is 1500. The van der Waals surface area contributed by atoms with Crippen molar-refractivity contribution in [2.45, 2.75) is 26.3 Å². The number of nitrogen functional groups attached to an aromatic ring is 1. The first kappa shape index (κ1) is 23.0. The number of H-pyrrole nitrogens is 1. The Kier molecular flexibility index (Phi) is 5.57. The van der Waals surface area contributed by atoms with Gasteiger partial charge in [-0.15, -0.1) is 0 Å². The Morgan fingerprint density at radius 2 is 2.00 bits per heavy atom. The summed E-state index contributed by atoms with van der Waals surface area (Å²) in [6.07, 6.45) is 2.52. The molecule has 3 aromatic heterocycles. The molecule has 0 bridgehead atoms. The van der Waals surface area contributed by atoms with Crippen LogP contribution in [0.5, 0.6) is 0 Å². The van der Waals surface area contributed by atoms with E-state index in [0.29, 0.717) is 43.9 Å². The maximum atomic E-state index is 12.5. The van der Waals surface area contributed by atoms with Gasteiger partial charge in [0.15, 0.2) is 5.65 Å². The summed E-state index contributed by atoms with van der Waals surface area (Å²) in [5, 5.41) is 9.08. The van der Waals surface area contributed by atoms with Crippen molar-refractivity contribution in [3.05, 3.63) is 35.1 Å². The van der Waals surface area contributed by atoms with Gasteiger partial charge in [-0.2, -0.15) is 5.10 Å². The molecule has 1 aromatic carbocycles. The zero-order chi connectivity index (χ0) is 24.1. The van der Waals surface area contributed by atoms with Gasteiger partial charge in [0, 0.05) is 29.3 Å². The molecule has 0 unspecified atom stereocenters. The van der Waals surface area contributed by atoms with E-state index in [9.17, 15) is 13.2 Å². The van der Waals surface area contributed by atoms with Crippen molar-refractivity contribution in [1.82, 2.24) is 30.0 Å². The van der Waals surface area contributed by atoms with Crippen LogP contribution in [0.3, 0.4) is 0 Å². The molecule has 33 heavy (non-hydrogen) atoms. The van der Waals surface area contributed by atoms with Crippen LogP contribution in [-0.4, -0.2) is 57.6 Å². The zero-order valence-electron chi connectivity index (χ0n) is 18.6. The number of halogens is 1. The van der Waals surface area contributed by atoms with Crippen molar-refractivity contribution in [3.8, 4) is 11.4 Å². The third-order valence-corrected chi connectivity index (χ3v) is 6.46. The molecule has 4 aromatic rings. The number of anilines is 1. The van der Waals surface area contributed by atoms with Gasteiger partial charge < -0.3 is 16.0 Å². The summed E-state index contributed by atoms with van der Waals surface area (Å²) in [6.45, 7) is 6.04. The third-order valence-electron chi connectivity index (χ3n) is 5.12. The average Bonchev–Trinajstić information content (AvgIpc) is 3.25. The number of nitrogens with two attached hydrogens (primary N) is 1. The highest BCUT2D eigenvalue weighted by molar-refractivity contribution is 7.90. The van der Waals surface area contributed by atoms with Crippen LogP contribution >= 0.6 is 11.6 Å². The van der Waals surface area contributed by atoms with E-state index in [1.54, 1.807) is 22.9 Å². The van der Waals surface area contributed by atoms with Gasteiger partial charge >= 0.3 is 0 Å². The van der Waals surface area contributed by atoms with Crippen LogP contribution in [0.4, 0.5) is 5.82 Å². The summed E-state index contributed by atoms with van der Waals surface area (Å²) in [7, 11) is -3.17. The van der Waals surface area contributed by atoms with Crippen LogP contribution in [0.15, 0.2) is 24.5 Å². The second kappa shape index (κ2) is 7.99. The van der Waals surface area contributed by atoms with Gasteiger partial charge in [0.1, 0.15) is 27.7 Å². The van der Waals surface area contributed by atoms with Gasteiger partial charge in [0.05, 0.1) is 27.4 Å². The Morgan fingerprint density at radius 1 is 1.27 bits per heavy atom. The summed E-state index contributed by atoms with van der Waals surface area (Å²) >= 11 is 6.70. The molecule has 0 saturated carbocycles. The first-order valence-corrected chi connectivity index (χ1v) is 12.6. The molecule has 0 aliphatic rings. The number of aromatic amines is 1. The number of rotatable bonds is 5. The Hall–Kier alpha value is -3.18. The minimum atomic E-state index is -3.17. The normalized spacial score (nSPS) is 12.5. The first-order valence-electron chi connectivity index (χ1n) is 10.1. The van der Waals surface area contributed by atoms with Gasteiger partial charge in [-0.25, -0.2) is 23.1 Å². The van der Waals surface area contributed by atoms with E-state index in [0.717, 1.165) is 6.26 Å². The monoisotopic (exact) mass is 489 g/mol. The number of hydrogen-bond acceptors (Lipinski definition) is 7. The van der Waals surface area contributed by atoms with Gasteiger partial charge in [0.25, 0.3) is 5.91 Å². The highest BCUT2D eigenvalue weighted by Crippen LogP contribution is 2.39. The van der Waals surface area contributed by atoms with Crippen LogP contribution < -0.4 is 11.1 Å². The predicted octanol–water partition coefficient (Wildman–Crippen LogP) is 2.74. The highest BCUT2D eigenvalue weighted by atomic mass is 35.5. The molecule has 0 spiro atoms. The minimum absolute atomic E-state index is 0.0297. The number of carbonyl (C=O) groups excluding carboxylic acids is 1. The van der Waals surface area contributed by atoms with Gasteiger partial charge in [-0.3, -0.25) is 4.79 Å². The second-order valence-corrected chi connectivity index (χ2v) is 11.5. The van der Waals surface area contributed by atoms with E-state index >= 15 is 0 Å². The van der Waals surface area contributed by atoms with E-state index in [4.69, 9.17) is 22.4 Å². The van der Waals surface area contributed by atoms with E-state index in [1.807, 2.05) is 20.8 Å². The SMILES string of the molecule is CC(C)(C)n1nc(-c2[nH]c3cc(C(=O)NCCS(C)(=O)=O)ccc3c2Cl)c2c(N)ncnc21. The lowest BCUT2D eigenvalue weighted by Crippen LogP contribution is -2.28. The fourth-order valence-electron chi connectivity index (χ4n) is 3.54. The van der Waals surface area contributed by atoms with Gasteiger partial charge in [-0.1, -0.05) is 17.7 Å². The number of nitrogens with zero attached hydrogens (tertiary/aromatic N) is 4. The molecule has 3 heterocycles. The highest BCUT2D eigenvalue weighted by Gasteiger charge is 2.26. The van der Waals surface area contributed by atoms with E-state index in [-0.39, 0.29) is 29.6 Å². The number of carbonyl (C=O) groups is 1. The lowest BCUT2D eigenvalue weighted by atomic mass is 10.1. The van der Waals surface area contributed by atoms with E-state index in [1.165, 1.54) is 6.33 Å². The molecule has 4 N–H and O–H groups in total. The molecular formula is C21H24ClN7O3S. The number of sulfone groups is 1. The number of fused-ring (bicyclic) bond motifs is 2. The largest absolute Gasteiger partial charge is 0.383 e. The molecule has 0 aliphatic heterocycles. The molecule has 10 nitrogen and oxygen atoms in total. The smallest absolute Gasteiger partial charge is 0.251 e. The van der Waals surface area contributed by atoms with Crippen molar-refractivity contribution in [3.63, 3.8) is 0 Å². The molecular weight excluding hydrogens is 466 g/mol. The summed E-state index contributed by atoms with van der Waals surface area (Å²) in [5.74, 6) is -0.231. The Morgan fingerprint density at radius 3 is 2.67 bits per heavy atom. The van der Waals surface area contributed by atoms with Crippen LogP contribution in [-0.2, 0) is 15.4 Å². The van der Waals surface area contributed by atoms with Crippen molar-refractivity contribution >= 4 is 55.1 Å². The summed E-state index contributed by atoms with van der Waals surface area (Å²) in [5.41, 5.74) is 8.44. The van der Waals surface area contributed by atoms with Crippen molar-refractivity contribution in [2.24, 2.45) is 0 Å². The van der Waals surface area contributed by atoms with Gasteiger partial charge in [0.2, 0.25) is 0 Å². The molecule has 0 atom stereocenters. The molecule has 1 amide bonds. The Balaban J connectivity index is 1.78. The van der Waals surface area contributed by atoms with E-state index in [2.05, 4.69) is 20.3 Å². The van der Waals surface area contributed by atoms with Crippen LogP contribution in [0.1, 0.15) is 31.1 Å².